The second-order valence-electron chi connectivity index (χ2n) is 4.79. The van der Waals surface area contributed by atoms with Gasteiger partial charge in [0, 0.05) is 21.7 Å². The van der Waals surface area contributed by atoms with E-state index in [1.807, 2.05) is 22.6 Å². The minimum atomic E-state index is -0.482. The Kier molecular flexibility index (Phi) is 4.38. The topological polar surface area (TPSA) is 72.2 Å². The van der Waals surface area contributed by atoms with E-state index in [2.05, 4.69) is 12.2 Å². The van der Waals surface area contributed by atoms with Crippen molar-refractivity contribution in [2.24, 2.45) is 5.92 Å². The van der Waals surface area contributed by atoms with Crippen LogP contribution in [0.1, 0.15) is 36.5 Å². The van der Waals surface area contributed by atoms with Gasteiger partial charge in [-0.15, -0.1) is 0 Å². The first-order valence-electron chi connectivity index (χ1n) is 6.27. The average Bonchev–Trinajstić information content (AvgIpc) is 3.07. The molecule has 1 fully saturated rings. The van der Waals surface area contributed by atoms with Crippen LogP contribution in [0.3, 0.4) is 0 Å². The fraction of sp³-hybridized carbons (Fsp3) is 0.462. The van der Waals surface area contributed by atoms with Gasteiger partial charge in [-0.1, -0.05) is 13.3 Å². The number of non-ortho nitro benzene ring substituents is 1. The molecule has 1 aromatic rings. The molecule has 5 nitrogen and oxygen atoms in total. The molecule has 0 aliphatic heterocycles. The number of nitrogens with one attached hydrogen (secondary N) is 1. The lowest BCUT2D eigenvalue weighted by Gasteiger charge is -2.06. The van der Waals surface area contributed by atoms with Gasteiger partial charge in [-0.25, -0.2) is 0 Å². The standard InChI is InChI=1S/C13H15IN2O3/c1-2-3-8-6-12(8)15-13(17)10-7-9(16(18)19)4-5-11(10)14/h4-5,7-8,12H,2-3,6H2,1H3,(H,15,17). The SMILES string of the molecule is CCCC1CC1NC(=O)c1cc([N+](=O)[O-])ccc1I. The third-order valence-electron chi connectivity index (χ3n) is 3.30. The van der Waals surface area contributed by atoms with Crippen LogP contribution in [0.4, 0.5) is 5.69 Å². The van der Waals surface area contributed by atoms with Crippen molar-refractivity contribution < 1.29 is 9.72 Å². The lowest BCUT2D eigenvalue weighted by Crippen LogP contribution is -2.27. The second-order valence-corrected chi connectivity index (χ2v) is 5.95. The number of carbonyl (C=O) groups excluding carboxylic acids is 1. The number of hydrogen-bond donors (Lipinski definition) is 1. The van der Waals surface area contributed by atoms with Gasteiger partial charge >= 0.3 is 0 Å². The van der Waals surface area contributed by atoms with Crippen LogP contribution in [-0.4, -0.2) is 16.9 Å². The monoisotopic (exact) mass is 374 g/mol. The smallest absolute Gasteiger partial charge is 0.270 e. The zero-order valence-corrected chi connectivity index (χ0v) is 12.7. The van der Waals surface area contributed by atoms with E-state index in [0.29, 0.717) is 11.5 Å². The van der Waals surface area contributed by atoms with Crippen molar-refractivity contribution in [2.45, 2.75) is 32.2 Å². The van der Waals surface area contributed by atoms with E-state index in [-0.39, 0.29) is 17.6 Å². The molecule has 2 unspecified atom stereocenters. The molecule has 0 heterocycles. The van der Waals surface area contributed by atoms with E-state index >= 15 is 0 Å². The molecule has 102 valence electrons. The molecule has 0 bridgehead atoms. The number of nitro groups is 1. The minimum Gasteiger partial charge on any atom is -0.349 e. The Morgan fingerprint density at radius 1 is 1.58 bits per heavy atom. The minimum absolute atomic E-state index is 0.0496. The van der Waals surface area contributed by atoms with E-state index in [4.69, 9.17) is 0 Å². The number of benzene rings is 1. The molecule has 1 aromatic carbocycles. The van der Waals surface area contributed by atoms with E-state index in [1.165, 1.54) is 12.1 Å². The lowest BCUT2D eigenvalue weighted by molar-refractivity contribution is -0.384. The molecule has 1 saturated carbocycles. The molecular formula is C13H15IN2O3. The Morgan fingerprint density at radius 3 is 2.95 bits per heavy atom. The first kappa shape index (κ1) is 14.2. The maximum absolute atomic E-state index is 12.1. The third kappa shape index (κ3) is 3.43. The van der Waals surface area contributed by atoms with Crippen LogP contribution in [0.15, 0.2) is 18.2 Å². The van der Waals surface area contributed by atoms with Crippen LogP contribution < -0.4 is 5.32 Å². The maximum atomic E-state index is 12.1. The van der Waals surface area contributed by atoms with Gasteiger partial charge in [0.15, 0.2) is 0 Å². The summed E-state index contributed by atoms with van der Waals surface area (Å²) in [4.78, 5) is 22.4. The van der Waals surface area contributed by atoms with E-state index in [9.17, 15) is 14.9 Å². The van der Waals surface area contributed by atoms with Crippen LogP contribution in [0, 0.1) is 19.6 Å². The molecule has 0 saturated heterocycles. The van der Waals surface area contributed by atoms with Crippen molar-refractivity contribution in [3.8, 4) is 0 Å². The lowest BCUT2D eigenvalue weighted by atomic mass is 10.2. The molecule has 1 aliphatic carbocycles. The highest BCUT2D eigenvalue weighted by atomic mass is 127. The van der Waals surface area contributed by atoms with Crippen LogP contribution in [0.25, 0.3) is 0 Å². The summed E-state index contributed by atoms with van der Waals surface area (Å²) in [6.45, 7) is 2.13. The number of halogens is 1. The fourth-order valence-electron chi connectivity index (χ4n) is 2.16. The predicted molar refractivity (Wildman–Crippen MR) is 80.1 cm³/mol. The number of carbonyl (C=O) groups is 1. The summed E-state index contributed by atoms with van der Waals surface area (Å²) in [7, 11) is 0. The third-order valence-corrected chi connectivity index (χ3v) is 4.24. The number of hydrogen-bond acceptors (Lipinski definition) is 3. The highest BCUT2D eigenvalue weighted by molar-refractivity contribution is 14.1. The Balaban J connectivity index is 2.07. The molecule has 0 radical (unpaired) electrons. The molecule has 0 spiro atoms. The normalized spacial score (nSPS) is 20.9. The first-order valence-corrected chi connectivity index (χ1v) is 7.35. The largest absolute Gasteiger partial charge is 0.349 e. The van der Waals surface area contributed by atoms with Gasteiger partial charge in [0.25, 0.3) is 11.6 Å². The summed E-state index contributed by atoms with van der Waals surface area (Å²) in [5.74, 6) is 0.363. The van der Waals surface area contributed by atoms with Gasteiger partial charge in [-0.05, 0) is 47.4 Å². The summed E-state index contributed by atoms with van der Waals surface area (Å²) in [5, 5.41) is 13.7. The molecule has 19 heavy (non-hydrogen) atoms. The summed E-state index contributed by atoms with van der Waals surface area (Å²) >= 11 is 2.02. The Morgan fingerprint density at radius 2 is 2.32 bits per heavy atom. The quantitative estimate of drug-likeness (QED) is 0.489. The van der Waals surface area contributed by atoms with Gasteiger partial charge in [-0.3, -0.25) is 14.9 Å². The summed E-state index contributed by atoms with van der Waals surface area (Å²) in [6, 6.07) is 4.59. The van der Waals surface area contributed by atoms with Crippen LogP contribution in [0.5, 0.6) is 0 Å². The van der Waals surface area contributed by atoms with Gasteiger partial charge in [0.05, 0.1) is 10.5 Å². The molecule has 0 aromatic heterocycles. The van der Waals surface area contributed by atoms with E-state index in [1.54, 1.807) is 6.07 Å². The summed E-state index contributed by atoms with van der Waals surface area (Å²) < 4.78 is 0.730. The van der Waals surface area contributed by atoms with Gasteiger partial charge in [0.2, 0.25) is 0 Å². The molecule has 2 rings (SSSR count). The van der Waals surface area contributed by atoms with Crippen molar-refractivity contribution in [3.63, 3.8) is 0 Å². The average molecular weight is 374 g/mol. The Hall–Kier alpha value is -1.18. The van der Waals surface area contributed by atoms with Crippen molar-refractivity contribution in [1.29, 1.82) is 0 Å². The van der Waals surface area contributed by atoms with E-state index in [0.717, 1.165) is 22.8 Å². The zero-order valence-electron chi connectivity index (χ0n) is 10.6. The second kappa shape index (κ2) is 5.85. The van der Waals surface area contributed by atoms with Crippen molar-refractivity contribution >= 4 is 34.2 Å². The number of amides is 1. The molecule has 1 aliphatic rings. The number of nitro benzene ring substituents is 1. The zero-order chi connectivity index (χ0) is 14.0. The molecule has 6 heteroatoms. The fourth-order valence-corrected chi connectivity index (χ4v) is 2.74. The van der Waals surface area contributed by atoms with Gasteiger partial charge in [-0.2, -0.15) is 0 Å². The van der Waals surface area contributed by atoms with Gasteiger partial charge in [0.1, 0.15) is 0 Å². The number of rotatable bonds is 5. The highest BCUT2D eigenvalue weighted by Crippen LogP contribution is 2.35. The summed E-state index contributed by atoms with van der Waals surface area (Å²) in [5.41, 5.74) is 0.336. The van der Waals surface area contributed by atoms with Crippen LogP contribution in [0.2, 0.25) is 0 Å². The molecular weight excluding hydrogens is 359 g/mol. The van der Waals surface area contributed by atoms with Crippen LogP contribution in [-0.2, 0) is 0 Å². The molecule has 1 N–H and O–H groups in total. The van der Waals surface area contributed by atoms with Crippen molar-refractivity contribution in [3.05, 3.63) is 37.4 Å². The predicted octanol–water partition coefficient (Wildman–Crippen LogP) is 3.12. The first-order chi connectivity index (χ1) is 9.02. The Labute approximate surface area is 125 Å². The highest BCUT2D eigenvalue weighted by Gasteiger charge is 2.37. The Bertz CT molecular complexity index is 519. The van der Waals surface area contributed by atoms with Crippen LogP contribution >= 0.6 is 22.6 Å². The maximum Gasteiger partial charge on any atom is 0.270 e. The van der Waals surface area contributed by atoms with Crippen molar-refractivity contribution in [2.75, 3.05) is 0 Å². The van der Waals surface area contributed by atoms with Crippen molar-refractivity contribution in [1.82, 2.24) is 5.32 Å². The molecule has 2 atom stereocenters. The molecule has 1 amide bonds. The van der Waals surface area contributed by atoms with E-state index < -0.39 is 4.92 Å². The van der Waals surface area contributed by atoms with Gasteiger partial charge < -0.3 is 5.32 Å². The summed E-state index contributed by atoms with van der Waals surface area (Å²) in [6.07, 6.45) is 3.26. The number of nitrogens with zero attached hydrogens (tertiary/aromatic N) is 1.